The topological polar surface area (TPSA) is 69.6 Å². The minimum absolute atomic E-state index is 0.0658. The Labute approximate surface area is 102 Å². The van der Waals surface area contributed by atoms with E-state index in [4.69, 9.17) is 5.11 Å². The number of aromatic hydroxyl groups is 1. The van der Waals surface area contributed by atoms with Crippen LogP contribution in [0, 0.1) is 0 Å². The van der Waals surface area contributed by atoms with E-state index < -0.39 is 6.10 Å². The second-order valence-corrected chi connectivity index (χ2v) is 4.47. The summed E-state index contributed by atoms with van der Waals surface area (Å²) in [5.74, 6) is -0.408. The number of nitrogens with one attached hydrogen (secondary N) is 1. The first-order valence-electron chi connectivity index (χ1n) is 4.95. The highest BCUT2D eigenvalue weighted by Gasteiger charge is 2.10. The highest BCUT2D eigenvalue weighted by molar-refractivity contribution is 9.10. The molecule has 0 saturated heterocycles. The fraction of sp³-hybridized carbons (Fsp3) is 0.364. The van der Waals surface area contributed by atoms with Gasteiger partial charge in [0.1, 0.15) is 5.75 Å². The molecule has 1 unspecified atom stereocenters. The Balaban J connectivity index is 2.59. The van der Waals surface area contributed by atoms with Gasteiger partial charge in [-0.15, -0.1) is 0 Å². The molecule has 88 valence electrons. The molecule has 0 spiro atoms. The lowest BCUT2D eigenvalue weighted by Gasteiger charge is -2.08. The van der Waals surface area contributed by atoms with E-state index in [-0.39, 0.29) is 17.2 Å². The van der Waals surface area contributed by atoms with E-state index in [0.29, 0.717) is 17.4 Å². The van der Waals surface area contributed by atoms with E-state index in [1.54, 1.807) is 13.0 Å². The van der Waals surface area contributed by atoms with Crippen LogP contribution in [-0.4, -0.2) is 28.8 Å². The van der Waals surface area contributed by atoms with Gasteiger partial charge in [0.15, 0.2) is 0 Å². The Hall–Kier alpha value is -1.07. The summed E-state index contributed by atoms with van der Waals surface area (Å²) in [6.45, 7) is 2.04. The monoisotopic (exact) mass is 287 g/mol. The fourth-order valence-corrected chi connectivity index (χ4v) is 1.54. The molecule has 16 heavy (non-hydrogen) atoms. The first-order chi connectivity index (χ1) is 7.50. The van der Waals surface area contributed by atoms with Crippen molar-refractivity contribution in [1.82, 2.24) is 5.32 Å². The molecular weight excluding hydrogens is 274 g/mol. The minimum atomic E-state index is -0.446. The quantitative estimate of drug-likeness (QED) is 0.789. The zero-order chi connectivity index (χ0) is 12.1. The van der Waals surface area contributed by atoms with Crippen LogP contribution in [0.1, 0.15) is 23.7 Å². The molecule has 0 aromatic heterocycles. The second-order valence-electron chi connectivity index (χ2n) is 3.56. The Morgan fingerprint density at radius 2 is 2.25 bits per heavy atom. The molecule has 5 heteroatoms. The third-order valence-corrected chi connectivity index (χ3v) is 2.55. The number of aliphatic hydroxyl groups excluding tert-OH is 1. The van der Waals surface area contributed by atoms with Crippen molar-refractivity contribution in [2.75, 3.05) is 6.54 Å². The predicted molar refractivity (Wildman–Crippen MR) is 64.4 cm³/mol. The zero-order valence-electron chi connectivity index (χ0n) is 8.90. The van der Waals surface area contributed by atoms with Crippen LogP contribution in [0.4, 0.5) is 0 Å². The number of hydrogen-bond donors (Lipinski definition) is 3. The van der Waals surface area contributed by atoms with E-state index in [9.17, 15) is 9.90 Å². The molecule has 1 amide bonds. The molecule has 4 nitrogen and oxygen atoms in total. The molecule has 0 aliphatic rings. The lowest BCUT2D eigenvalue weighted by Crippen LogP contribution is -2.26. The van der Waals surface area contributed by atoms with Crippen LogP contribution < -0.4 is 5.32 Å². The molecule has 1 rings (SSSR count). The SMILES string of the molecule is CC(O)CCNC(=O)c1ccc(Br)cc1O. The number of carbonyl (C=O) groups is 1. The molecule has 0 heterocycles. The Morgan fingerprint density at radius 3 is 2.81 bits per heavy atom. The largest absolute Gasteiger partial charge is 0.507 e. The molecule has 1 atom stereocenters. The number of phenols is 1. The van der Waals surface area contributed by atoms with Gasteiger partial charge in [-0.1, -0.05) is 15.9 Å². The van der Waals surface area contributed by atoms with Crippen LogP contribution in [0.15, 0.2) is 22.7 Å². The van der Waals surface area contributed by atoms with E-state index in [1.807, 2.05) is 0 Å². The van der Waals surface area contributed by atoms with E-state index in [0.717, 1.165) is 0 Å². The van der Waals surface area contributed by atoms with Crippen molar-refractivity contribution in [3.63, 3.8) is 0 Å². The van der Waals surface area contributed by atoms with Crippen LogP contribution in [0.3, 0.4) is 0 Å². The Kier molecular flexibility index (Phi) is 4.76. The molecule has 0 bridgehead atoms. The molecule has 3 N–H and O–H groups in total. The lowest BCUT2D eigenvalue weighted by molar-refractivity contribution is 0.0943. The maximum atomic E-state index is 11.6. The Bertz CT molecular complexity index is 379. The average molecular weight is 288 g/mol. The number of aliphatic hydroxyl groups is 1. The standard InChI is InChI=1S/C11H14BrNO3/c1-7(14)4-5-13-11(16)9-3-2-8(12)6-10(9)15/h2-3,6-7,14-15H,4-5H2,1H3,(H,13,16). The number of phenolic OH excluding ortho intramolecular Hbond substituents is 1. The van der Waals surface area contributed by atoms with Gasteiger partial charge in [-0.25, -0.2) is 0 Å². The summed E-state index contributed by atoms with van der Waals surface area (Å²) < 4.78 is 0.713. The molecule has 0 aliphatic heterocycles. The second kappa shape index (κ2) is 5.86. The van der Waals surface area contributed by atoms with E-state index in [1.165, 1.54) is 12.1 Å². The number of halogens is 1. The average Bonchev–Trinajstić information content (AvgIpc) is 2.16. The molecule has 0 fully saturated rings. The van der Waals surface area contributed by atoms with Crippen molar-refractivity contribution in [3.05, 3.63) is 28.2 Å². The summed E-state index contributed by atoms with van der Waals surface area (Å²) >= 11 is 3.19. The summed E-state index contributed by atoms with van der Waals surface area (Å²) in [5.41, 5.74) is 0.230. The molecule has 0 saturated carbocycles. The molecular formula is C11H14BrNO3. The molecule has 0 aliphatic carbocycles. The maximum Gasteiger partial charge on any atom is 0.255 e. The molecule has 1 aromatic rings. The van der Waals surface area contributed by atoms with Gasteiger partial charge in [0.05, 0.1) is 11.7 Å². The zero-order valence-corrected chi connectivity index (χ0v) is 10.5. The van der Waals surface area contributed by atoms with Crippen LogP contribution >= 0.6 is 15.9 Å². The van der Waals surface area contributed by atoms with Crippen molar-refractivity contribution < 1.29 is 15.0 Å². The van der Waals surface area contributed by atoms with Crippen molar-refractivity contribution in [2.45, 2.75) is 19.4 Å². The number of benzene rings is 1. The van der Waals surface area contributed by atoms with Gasteiger partial charge in [-0.2, -0.15) is 0 Å². The third kappa shape index (κ3) is 3.83. The van der Waals surface area contributed by atoms with Gasteiger partial charge in [-0.05, 0) is 31.5 Å². The van der Waals surface area contributed by atoms with Crippen LogP contribution in [0.5, 0.6) is 5.75 Å². The number of amides is 1. The third-order valence-electron chi connectivity index (χ3n) is 2.05. The number of rotatable bonds is 4. The summed E-state index contributed by atoms with van der Waals surface area (Å²) in [7, 11) is 0. The van der Waals surface area contributed by atoms with Gasteiger partial charge in [0, 0.05) is 11.0 Å². The van der Waals surface area contributed by atoms with Crippen molar-refractivity contribution in [3.8, 4) is 5.75 Å². The van der Waals surface area contributed by atoms with Gasteiger partial charge < -0.3 is 15.5 Å². The van der Waals surface area contributed by atoms with Gasteiger partial charge in [-0.3, -0.25) is 4.79 Å². The Morgan fingerprint density at radius 1 is 1.56 bits per heavy atom. The van der Waals surface area contributed by atoms with Gasteiger partial charge in [0.2, 0.25) is 0 Å². The van der Waals surface area contributed by atoms with Crippen LogP contribution in [-0.2, 0) is 0 Å². The minimum Gasteiger partial charge on any atom is -0.507 e. The van der Waals surface area contributed by atoms with E-state index >= 15 is 0 Å². The normalized spacial score (nSPS) is 12.2. The van der Waals surface area contributed by atoms with Crippen molar-refractivity contribution >= 4 is 21.8 Å². The summed E-state index contributed by atoms with van der Waals surface area (Å²) in [6.07, 6.45) is 0.0436. The number of carbonyl (C=O) groups excluding carboxylic acids is 1. The lowest BCUT2D eigenvalue weighted by atomic mass is 10.2. The summed E-state index contributed by atoms with van der Waals surface area (Å²) in [4.78, 5) is 11.6. The highest BCUT2D eigenvalue weighted by Crippen LogP contribution is 2.21. The van der Waals surface area contributed by atoms with Crippen molar-refractivity contribution in [2.24, 2.45) is 0 Å². The van der Waals surface area contributed by atoms with Gasteiger partial charge in [0.25, 0.3) is 5.91 Å². The smallest absolute Gasteiger partial charge is 0.255 e. The predicted octanol–water partition coefficient (Wildman–Crippen LogP) is 1.66. The summed E-state index contributed by atoms with van der Waals surface area (Å²) in [6, 6.07) is 4.68. The maximum absolute atomic E-state index is 11.6. The van der Waals surface area contributed by atoms with Crippen LogP contribution in [0.2, 0.25) is 0 Å². The molecule has 1 aromatic carbocycles. The molecule has 0 radical (unpaired) electrons. The summed E-state index contributed by atoms with van der Waals surface area (Å²) in [5, 5.41) is 21.2. The number of hydrogen-bond acceptors (Lipinski definition) is 3. The fourth-order valence-electron chi connectivity index (χ4n) is 1.19. The highest BCUT2D eigenvalue weighted by atomic mass is 79.9. The first kappa shape index (κ1) is 13.0. The van der Waals surface area contributed by atoms with Crippen molar-refractivity contribution in [1.29, 1.82) is 0 Å². The van der Waals surface area contributed by atoms with Gasteiger partial charge >= 0.3 is 0 Å². The van der Waals surface area contributed by atoms with Crippen LogP contribution in [0.25, 0.3) is 0 Å². The first-order valence-corrected chi connectivity index (χ1v) is 5.75. The van der Waals surface area contributed by atoms with E-state index in [2.05, 4.69) is 21.2 Å².